The van der Waals surface area contributed by atoms with Crippen molar-refractivity contribution < 1.29 is 23.4 Å². The van der Waals surface area contributed by atoms with Crippen LogP contribution >= 0.6 is 11.3 Å². The van der Waals surface area contributed by atoms with Gasteiger partial charge in [-0.05, 0) is 87.4 Å². The van der Waals surface area contributed by atoms with Gasteiger partial charge in [0.25, 0.3) is 5.56 Å². The van der Waals surface area contributed by atoms with Crippen LogP contribution in [0.25, 0.3) is 11.8 Å². The molecule has 0 saturated heterocycles. The summed E-state index contributed by atoms with van der Waals surface area (Å²) in [6.45, 7) is 7.71. The molecule has 2 aliphatic rings. The van der Waals surface area contributed by atoms with E-state index in [1.807, 2.05) is 36.6 Å². The van der Waals surface area contributed by atoms with Crippen molar-refractivity contribution in [2.24, 2.45) is 4.99 Å². The number of thiazole rings is 1. The first-order valence-electron chi connectivity index (χ1n) is 12.8. The molecule has 4 aromatic rings. The normalized spacial score (nSPS) is 16.2. The number of halogens is 1. The van der Waals surface area contributed by atoms with Gasteiger partial charge in [0.05, 0.1) is 28.5 Å². The third-order valence-corrected chi connectivity index (χ3v) is 8.05. The van der Waals surface area contributed by atoms with E-state index in [0.717, 1.165) is 22.6 Å². The van der Waals surface area contributed by atoms with Gasteiger partial charge >= 0.3 is 5.97 Å². The predicted octanol–water partition coefficient (Wildman–Crippen LogP) is 4.07. The molecule has 8 nitrogen and oxygen atoms in total. The minimum Gasteiger partial charge on any atom is -0.463 e. The summed E-state index contributed by atoms with van der Waals surface area (Å²) >= 11 is 1.26. The number of hydrogen-bond acceptors (Lipinski definition) is 7. The monoisotopic (exact) mass is 559 g/mol. The molecule has 40 heavy (non-hydrogen) atoms. The maximum absolute atomic E-state index is 14.0. The molecule has 0 unspecified atom stereocenters. The van der Waals surface area contributed by atoms with E-state index in [2.05, 4.69) is 4.99 Å². The largest absolute Gasteiger partial charge is 0.463 e. The molecule has 6 rings (SSSR count). The van der Waals surface area contributed by atoms with Gasteiger partial charge < -0.3 is 18.8 Å². The minimum atomic E-state index is -0.751. The Kier molecular flexibility index (Phi) is 6.42. The lowest BCUT2D eigenvalue weighted by Crippen LogP contribution is -2.39. The molecule has 0 radical (unpaired) electrons. The van der Waals surface area contributed by atoms with E-state index in [1.165, 1.54) is 23.5 Å². The number of ether oxygens (including phenoxy) is 3. The second-order valence-corrected chi connectivity index (χ2v) is 10.6. The number of allylic oxidation sites excluding steroid dienone is 1. The number of carbonyl (C=O) groups excluding carboxylic acids is 1. The highest BCUT2D eigenvalue weighted by Gasteiger charge is 2.34. The van der Waals surface area contributed by atoms with Crippen LogP contribution in [0.1, 0.15) is 42.4 Å². The van der Waals surface area contributed by atoms with E-state index in [-0.39, 0.29) is 24.8 Å². The molecule has 2 aliphatic heterocycles. The fourth-order valence-corrected chi connectivity index (χ4v) is 6.29. The summed E-state index contributed by atoms with van der Waals surface area (Å²) in [7, 11) is 0. The number of esters is 1. The van der Waals surface area contributed by atoms with E-state index >= 15 is 0 Å². The lowest BCUT2D eigenvalue weighted by Gasteiger charge is -2.24. The third-order valence-electron chi connectivity index (χ3n) is 7.07. The number of carbonyl (C=O) groups is 1. The number of aromatic nitrogens is 2. The zero-order valence-corrected chi connectivity index (χ0v) is 23.2. The zero-order valence-electron chi connectivity index (χ0n) is 22.4. The van der Waals surface area contributed by atoms with E-state index in [1.54, 1.807) is 42.7 Å². The summed E-state index contributed by atoms with van der Waals surface area (Å²) in [5.74, 6) is 0.322. The minimum absolute atomic E-state index is 0.109. The molecule has 1 atom stereocenters. The van der Waals surface area contributed by atoms with Gasteiger partial charge in [0, 0.05) is 17.1 Å². The highest BCUT2D eigenvalue weighted by Crippen LogP contribution is 2.38. The van der Waals surface area contributed by atoms with Gasteiger partial charge in [-0.25, -0.2) is 14.2 Å². The zero-order chi connectivity index (χ0) is 28.1. The molecular formula is C30H26FN3O5S. The van der Waals surface area contributed by atoms with Crippen molar-refractivity contribution in [3.05, 3.63) is 108 Å². The smallest absolute Gasteiger partial charge is 0.338 e. The summed E-state index contributed by atoms with van der Waals surface area (Å²) in [6, 6.07) is 12.9. The molecule has 0 saturated carbocycles. The molecular weight excluding hydrogens is 533 g/mol. The van der Waals surface area contributed by atoms with Gasteiger partial charge in [-0.3, -0.25) is 9.36 Å². The molecule has 10 heteroatoms. The van der Waals surface area contributed by atoms with Crippen LogP contribution in [0.2, 0.25) is 0 Å². The van der Waals surface area contributed by atoms with Gasteiger partial charge in [-0.15, -0.1) is 0 Å². The molecule has 0 bridgehead atoms. The van der Waals surface area contributed by atoms with E-state index < -0.39 is 12.0 Å². The van der Waals surface area contributed by atoms with Crippen molar-refractivity contribution in [1.82, 2.24) is 9.13 Å². The van der Waals surface area contributed by atoms with Crippen LogP contribution in [-0.2, 0) is 9.53 Å². The van der Waals surface area contributed by atoms with Crippen molar-refractivity contribution >= 4 is 23.4 Å². The van der Waals surface area contributed by atoms with Crippen LogP contribution in [0.3, 0.4) is 0 Å². The van der Waals surface area contributed by atoms with Crippen molar-refractivity contribution in [3.63, 3.8) is 0 Å². The SMILES string of the molecule is CCOC(=O)C1=C(C)N=c2s/c(=C\c3cc(C)n(-c4ccc(F)cc4)c3C)c(=O)n2[C@@H]1c1ccc2c(c1)OCO2. The van der Waals surface area contributed by atoms with Gasteiger partial charge in [0.2, 0.25) is 6.79 Å². The molecule has 4 heterocycles. The molecule has 0 aliphatic carbocycles. The number of fused-ring (bicyclic) bond motifs is 2. The highest BCUT2D eigenvalue weighted by molar-refractivity contribution is 7.07. The Morgan fingerprint density at radius 1 is 1.12 bits per heavy atom. The summed E-state index contributed by atoms with van der Waals surface area (Å²) in [6.07, 6.45) is 1.84. The first-order valence-corrected chi connectivity index (χ1v) is 13.6. The van der Waals surface area contributed by atoms with E-state index in [4.69, 9.17) is 14.2 Å². The van der Waals surface area contributed by atoms with Crippen molar-refractivity contribution in [2.75, 3.05) is 13.4 Å². The average Bonchev–Trinajstić information content (AvgIpc) is 3.59. The van der Waals surface area contributed by atoms with Gasteiger partial charge in [-0.1, -0.05) is 17.4 Å². The summed E-state index contributed by atoms with van der Waals surface area (Å²) in [4.78, 5) is 32.3. The first-order chi connectivity index (χ1) is 19.3. The maximum Gasteiger partial charge on any atom is 0.338 e. The first kappa shape index (κ1) is 25.8. The van der Waals surface area contributed by atoms with Crippen LogP contribution < -0.4 is 24.4 Å². The molecule has 2 aromatic heterocycles. The van der Waals surface area contributed by atoms with E-state index in [9.17, 15) is 14.0 Å². The molecule has 0 amide bonds. The van der Waals surface area contributed by atoms with Gasteiger partial charge in [0.15, 0.2) is 16.3 Å². The number of nitrogens with zero attached hydrogens (tertiary/aromatic N) is 3. The predicted molar refractivity (Wildman–Crippen MR) is 148 cm³/mol. The Morgan fingerprint density at radius 2 is 1.88 bits per heavy atom. The van der Waals surface area contributed by atoms with Crippen LogP contribution in [0.5, 0.6) is 11.5 Å². The lowest BCUT2D eigenvalue weighted by atomic mass is 9.95. The Hall–Kier alpha value is -4.44. The van der Waals surface area contributed by atoms with Gasteiger partial charge in [-0.2, -0.15) is 0 Å². The Bertz CT molecular complexity index is 1880. The molecule has 204 valence electrons. The number of aryl methyl sites for hydroxylation is 1. The summed E-state index contributed by atoms with van der Waals surface area (Å²) in [5, 5.41) is 0. The summed E-state index contributed by atoms with van der Waals surface area (Å²) in [5.41, 5.74) is 4.74. The van der Waals surface area contributed by atoms with Gasteiger partial charge in [0.1, 0.15) is 5.82 Å². The quantitative estimate of drug-likeness (QED) is 0.344. The third kappa shape index (κ3) is 4.24. The Morgan fingerprint density at radius 3 is 2.62 bits per heavy atom. The van der Waals surface area contributed by atoms with Crippen molar-refractivity contribution in [3.8, 4) is 17.2 Å². The average molecular weight is 560 g/mol. The second kappa shape index (κ2) is 9.95. The Labute approximate surface area is 232 Å². The topological polar surface area (TPSA) is 84.1 Å². The lowest BCUT2D eigenvalue weighted by molar-refractivity contribution is -0.139. The Balaban J connectivity index is 1.52. The number of benzene rings is 2. The fraction of sp³-hybridized carbons (Fsp3) is 0.233. The molecule has 0 fully saturated rings. The standard InChI is InChI=1S/C30H26FN3O5S/c1-5-37-29(36)26-17(3)32-30-34(27(26)19-6-11-23-24(13-19)39-15-38-23)28(35)25(40-30)14-20-12-16(2)33(18(20)4)22-9-7-21(31)8-10-22/h6-14,27H,5,15H2,1-4H3/b25-14-/t27-/m1/s1. The van der Waals surface area contributed by atoms with Crippen molar-refractivity contribution in [2.45, 2.75) is 33.7 Å². The molecule has 2 aromatic carbocycles. The van der Waals surface area contributed by atoms with Crippen LogP contribution in [0.4, 0.5) is 4.39 Å². The van der Waals surface area contributed by atoms with Crippen LogP contribution in [0, 0.1) is 19.7 Å². The molecule has 0 N–H and O–H groups in total. The number of hydrogen-bond donors (Lipinski definition) is 0. The maximum atomic E-state index is 14.0. The van der Waals surface area contributed by atoms with Crippen LogP contribution in [0.15, 0.2) is 69.6 Å². The fourth-order valence-electron chi connectivity index (χ4n) is 5.25. The van der Waals surface area contributed by atoms with E-state index in [0.29, 0.717) is 37.7 Å². The second-order valence-electron chi connectivity index (χ2n) is 9.55. The molecule has 0 spiro atoms. The highest BCUT2D eigenvalue weighted by atomic mass is 32.1. The summed E-state index contributed by atoms with van der Waals surface area (Å²) < 4.78 is 34.0. The number of rotatable bonds is 5. The van der Waals surface area contributed by atoms with Crippen LogP contribution in [-0.4, -0.2) is 28.5 Å². The van der Waals surface area contributed by atoms with Crippen molar-refractivity contribution in [1.29, 1.82) is 0 Å².